The summed E-state index contributed by atoms with van der Waals surface area (Å²) in [6.07, 6.45) is 12.7. The minimum Gasteiger partial charge on any atom is -0.491 e. The monoisotopic (exact) mass is 531 g/mol. The molecule has 3 aromatic rings. The number of nitrogens with zero attached hydrogens (tertiary/aromatic N) is 5. The number of fused-ring (bicyclic) bond motifs is 3. The molecule has 2 aromatic heterocycles. The lowest BCUT2D eigenvalue weighted by Gasteiger charge is -2.44. The molecule has 1 aromatic carbocycles. The van der Waals surface area contributed by atoms with E-state index in [1.165, 1.54) is 5.56 Å². The Hall–Kier alpha value is -3.46. The van der Waals surface area contributed by atoms with Crippen molar-refractivity contribution in [1.29, 1.82) is 0 Å². The molecule has 206 valence electrons. The number of benzene rings is 1. The third kappa shape index (κ3) is 5.00. The number of hydrogen-bond acceptors (Lipinski definition) is 6. The van der Waals surface area contributed by atoms with Crippen LogP contribution in [0.1, 0.15) is 66.4 Å². The molecule has 2 saturated heterocycles. The highest BCUT2D eigenvalue weighted by Crippen LogP contribution is 2.41. The van der Waals surface area contributed by atoms with Gasteiger partial charge in [-0.3, -0.25) is 9.59 Å². The Labute approximate surface area is 228 Å². The Bertz CT molecular complexity index is 1350. The van der Waals surface area contributed by atoms with Crippen LogP contribution in [0.2, 0.25) is 0 Å². The number of para-hydroxylation sites is 1. The minimum atomic E-state index is -0.434. The molecule has 2 amide bonds. The lowest BCUT2D eigenvalue weighted by Crippen LogP contribution is -2.53. The van der Waals surface area contributed by atoms with Crippen LogP contribution in [-0.4, -0.2) is 80.2 Å². The van der Waals surface area contributed by atoms with E-state index in [-0.39, 0.29) is 24.5 Å². The van der Waals surface area contributed by atoms with E-state index in [1.54, 1.807) is 23.1 Å². The van der Waals surface area contributed by atoms with Gasteiger partial charge in [-0.2, -0.15) is 5.10 Å². The molecule has 0 bridgehead atoms. The van der Waals surface area contributed by atoms with Crippen molar-refractivity contribution in [2.45, 2.75) is 63.8 Å². The van der Waals surface area contributed by atoms with Crippen LogP contribution in [0.5, 0.6) is 5.75 Å². The van der Waals surface area contributed by atoms with Crippen molar-refractivity contribution in [3.8, 4) is 5.75 Å². The lowest BCUT2D eigenvalue weighted by molar-refractivity contribution is -0.147. The molecule has 1 atom stereocenters. The smallest absolute Gasteiger partial charge is 0.259 e. The van der Waals surface area contributed by atoms with E-state index in [4.69, 9.17) is 4.74 Å². The molecule has 9 heteroatoms. The van der Waals surface area contributed by atoms with Gasteiger partial charge in [0.15, 0.2) is 5.65 Å². The molecule has 6 rings (SSSR count). The largest absolute Gasteiger partial charge is 0.491 e. The number of piperidine rings is 1. The molecule has 0 unspecified atom stereocenters. The topological polar surface area (TPSA) is 100 Å². The third-order valence-electron chi connectivity index (χ3n) is 8.90. The van der Waals surface area contributed by atoms with Crippen molar-refractivity contribution in [2.24, 2.45) is 5.41 Å². The molecule has 0 aliphatic carbocycles. The summed E-state index contributed by atoms with van der Waals surface area (Å²) in [6.45, 7) is 2.44. The van der Waals surface area contributed by atoms with Crippen LogP contribution in [0.25, 0.3) is 5.65 Å². The number of carbonyl (C=O) groups is 2. The first-order chi connectivity index (χ1) is 19.1. The number of carbonyl (C=O) groups excluding carboxylic acids is 2. The maximum atomic E-state index is 14.2. The second-order valence-corrected chi connectivity index (χ2v) is 11.3. The van der Waals surface area contributed by atoms with Gasteiger partial charge in [-0.05, 0) is 68.6 Å². The fourth-order valence-corrected chi connectivity index (χ4v) is 6.60. The van der Waals surface area contributed by atoms with Crippen LogP contribution in [0.15, 0.2) is 42.9 Å². The van der Waals surface area contributed by atoms with E-state index in [0.717, 1.165) is 56.4 Å². The molecule has 9 nitrogen and oxygen atoms in total. The van der Waals surface area contributed by atoms with Gasteiger partial charge in [-0.1, -0.05) is 24.6 Å². The first kappa shape index (κ1) is 25.8. The average Bonchev–Trinajstić information content (AvgIpc) is 3.61. The summed E-state index contributed by atoms with van der Waals surface area (Å²) in [5.41, 5.74) is 2.67. The zero-order chi connectivity index (χ0) is 26.8. The van der Waals surface area contributed by atoms with Gasteiger partial charge in [0.05, 0.1) is 17.7 Å². The van der Waals surface area contributed by atoms with Crippen LogP contribution < -0.4 is 4.74 Å². The summed E-state index contributed by atoms with van der Waals surface area (Å²) in [4.78, 5) is 36.1. The molecule has 0 radical (unpaired) electrons. The SMILES string of the molecule is O=C(c1cnn2cc(CCO)cnc12)N1CCC2(CCCCc3ccccc3OC[C@@H]3CCCN3C2=O)CC1. The van der Waals surface area contributed by atoms with Crippen molar-refractivity contribution in [3.63, 3.8) is 0 Å². The van der Waals surface area contributed by atoms with E-state index < -0.39 is 5.41 Å². The van der Waals surface area contributed by atoms with Crippen molar-refractivity contribution >= 4 is 17.5 Å². The number of rotatable bonds is 3. The Balaban J connectivity index is 1.19. The highest BCUT2D eigenvalue weighted by Gasteiger charge is 2.46. The number of hydrogen-bond donors (Lipinski definition) is 1. The van der Waals surface area contributed by atoms with E-state index in [2.05, 4.69) is 27.1 Å². The van der Waals surface area contributed by atoms with Gasteiger partial charge in [-0.25, -0.2) is 9.50 Å². The van der Waals surface area contributed by atoms with Crippen LogP contribution in [0.4, 0.5) is 0 Å². The van der Waals surface area contributed by atoms with Crippen molar-refractivity contribution in [1.82, 2.24) is 24.4 Å². The number of likely N-dealkylation sites (tertiary alicyclic amines) is 1. The number of amides is 2. The molecule has 0 saturated carbocycles. The Morgan fingerprint density at radius 1 is 1.08 bits per heavy atom. The van der Waals surface area contributed by atoms with Crippen molar-refractivity contribution < 1.29 is 19.4 Å². The number of aliphatic hydroxyl groups is 1. The molecule has 3 aliphatic rings. The number of aromatic nitrogens is 3. The molecule has 1 spiro atoms. The zero-order valence-electron chi connectivity index (χ0n) is 22.4. The van der Waals surface area contributed by atoms with Gasteiger partial charge >= 0.3 is 0 Å². The van der Waals surface area contributed by atoms with E-state index in [0.29, 0.717) is 50.2 Å². The summed E-state index contributed by atoms with van der Waals surface area (Å²) in [7, 11) is 0. The molecule has 5 heterocycles. The summed E-state index contributed by atoms with van der Waals surface area (Å²) in [5.74, 6) is 1.11. The highest BCUT2D eigenvalue weighted by molar-refractivity contribution is 5.99. The van der Waals surface area contributed by atoms with Gasteiger partial charge in [0, 0.05) is 38.6 Å². The average molecular weight is 532 g/mol. The van der Waals surface area contributed by atoms with Gasteiger partial charge < -0.3 is 19.6 Å². The van der Waals surface area contributed by atoms with Crippen LogP contribution in [-0.2, 0) is 17.6 Å². The summed E-state index contributed by atoms with van der Waals surface area (Å²) in [6, 6.07) is 8.39. The number of aryl methyl sites for hydroxylation is 1. The quantitative estimate of drug-likeness (QED) is 0.557. The van der Waals surface area contributed by atoms with Gasteiger partial charge in [-0.15, -0.1) is 0 Å². The summed E-state index contributed by atoms with van der Waals surface area (Å²) in [5, 5.41) is 13.5. The van der Waals surface area contributed by atoms with Crippen LogP contribution in [0.3, 0.4) is 0 Å². The molecular weight excluding hydrogens is 494 g/mol. The highest BCUT2D eigenvalue weighted by atomic mass is 16.5. The number of aliphatic hydroxyl groups excluding tert-OH is 1. The van der Waals surface area contributed by atoms with E-state index in [1.807, 2.05) is 17.0 Å². The molecule has 3 aliphatic heterocycles. The minimum absolute atomic E-state index is 0.0347. The summed E-state index contributed by atoms with van der Waals surface area (Å²) >= 11 is 0. The second kappa shape index (κ2) is 11.0. The second-order valence-electron chi connectivity index (χ2n) is 11.3. The van der Waals surface area contributed by atoms with Crippen molar-refractivity contribution in [3.05, 3.63) is 59.5 Å². The maximum Gasteiger partial charge on any atom is 0.259 e. The summed E-state index contributed by atoms with van der Waals surface area (Å²) < 4.78 is 7.88. The Morgan fingerprint density at radius 3 is 2.77 bits per heavy atom. The fraction of sp³-hybridized carbons (Fsp3) is 0.533. The van der Waals surface area contributed by atoms with Gasteiger partial charge in [0.2, 0.25) is 5.91 Å². The van der Waals surface area contributed by atoms with Crippen molar-refractivity contribution in [2.75, 3.05) is 32.8 Å². The fourth-order valence-electron chi connectivity index (χ4n) is 6.60. The van der Waals surface area contributed by atoms with E-state index >= 15 is 0 Å². The standard InChI is InChI=1S/C30H37N5O4/c36-17-10-22-18-31-27-25(19-32-35(27)20-22)28(37)33-15-12-30(13-16-33)11-4-3-7-23-6-1-2-9-26(23)39-21-24-8-5-14-34(24)29(30)38/h1-2,6,9,18-20,24,36H,3-5,7-8,10-17,21H2/t24-/m0/s1. The van der Waals surface area contributed by atoms with Crippen LogP contribution >= 0.6 is 0 Å². The molecule has 39 heavy (non-hydrogen) atoms. The Kier molecular flexibility index (Phi) is 7.25. The third-order valence-corrected chi connectivity index (χ3v) is 8.90. The van der Waals surface area contributed by atoms with Gasteiger partial charge in [0.1, 0.15) is 17.9 Å². The van der Waals surface area contributed by atoms with E-state index in [9.17, 15) is 14.7 Å². The molecular formula is C30H37N5O4. The maximum absolute atomic E-state index is 14.2. The lowest BCUT2D eigenvalue weighted by atomic mass is 9.72. The predicted molar refractivity (Wildman–Crippen MR) is 146 cm³/mol. The first-order valence-corrected chi connectivity index (χ1v) is 14.3. The molecule has 1 N–H and O–H groups in total. The van der Waals surface area contributed by atoms with Gasteiger partial charge in [0.25, 0.3) is 5.91 Å². The normalized spacial score (nSPS) is 21.7. The Morgan fingerprint density at radius 2 is 1.92 bits per heavy atom. The van der Waals surface area contributed by atoms with Crippen LogP contribution in [0, 0.1) is 5.41 Å². The zero-order valence-corrected chi connectivity index (χ0v) is 22.4. The number of ether oxygens (including phenoxy) is 1. The predicted octanol–water partition coefficient (Wildman–Crippen LogP) is 3.28. The molecule has 2 fully saturated rings. The first-order valence-electron chi connectivity index (χ1n) is 14.3.